The Bertz CT molecular complexity index is 1240. The topological polar surface area (TPSA) is 119 Å². The SMILES string of the molecule is COc1cc2c(Nc3ccc4occc4c3)ncnc2cc1OCCCCCCC(=O)NO. The van der Waals surface area contributed by atoms with Crippen LogP contribution in [0.25, 0.3) is 21.9 Å². The lowest BCUT2D eigenvalue weighted by Gasteiger charge is -2.14. The number of hydrogen-bond acceptors (Lipinski definition) is 8. The molecule has 33 heavy (non-hydrogen) atoms. The van der Waals surface area contributed by atoms with Crippen LogP contribution in [0.15, 0.2) is 53.4 Å². The van der Waals surface area contributed by atoms with E-state index in [9.17, 15) is 4.79 Å². The Morgan fingerprint density at radius 2 is 1.94 bits per heavy atom. The summed E-state index contributed by atoms with van der Waals surface area (Å²) < 4.78 is 16.9. The quantitative estimate of drug-likeness (QED) is 0.167. The molecule has 2 aromatic carbocycles. The van der Waals surface area contributed by atoms with Gasteiger partial charge < -0.3 is 19.2 Å². The molecule has 3 N–H and O–H groups in total. The van der Waals surface area contributed by atoms with Crippen LogP contribution < -0.4 is 20.3 Å². The molecule has 0 aliphatic rings. The van der Waals surface area contributed by atoms with Crippen LogP contribution in [0.1, 0.15) is 32.1 Å². The van der Waals surface area contributed by atoms with E-state index < -0.39 is 0 Å². The predicted molar refractivity (Wildman–Crippen MR) is 124 cm³/mol. The second-order valence-corrected chi connectivity index (χ2v) is 7.59. The maximum absolute atomic E-state index is 11.0. The monoisotopic (exact) mass is 450 g/mol. The first-order valence-corrected chi connectivity index (χ1v) is 10.8. The van der Waals surface area contributed by atoms with Crippen molar-refractivity contribution in [3.8, 4) is 11.5 Å². The summed E-state index contributed by atoms with van der Waals surface area (Å²) in [5.41, 5.74) is 4.10. The van der Waals surface area contributed by atoms with Crippen LogP contribution in [0.2, 0.25) is 0 Å². The van der Waals surface area contributed by atoms with Gasteiger partial charge in [-0.15, -0.1) is 0 Å². The first kappa shape index (κ1) is 22.3. The van der Waals surface area contributed by atoms with E-state index in [4.69, 9.17) is 19.1 Å². The van der Waals surface area contributed by atoms with Gasteiger partial charge in [0.1, 0.15) is 17.7 Å². The Morgan fingerprint density at radius 3 is 2.79 bits per heavy atom. The standard InChI is InChI=1S/C24H26N4O5/c1-31-21-13-18-19(14-22(21)32-10-5-3-2-4-6-23(29)28-30)25-15-26-24(18)27-17-7-8-20-16(12-17)9-11-33-20/h7-9,11-15,30H,2-6,10H2,1H3,(H,28,29)(H,25,26,27). The van der Waals surface area contributed by atoms with Crippen LogP contribution >= 0.6 is 0 Å². The summed E-state index contributed by atoms with van der Waals surface area (Å²) in [4.78, 5) is 19.8. The molecule has 1 amide bonds. The van der Waals surface area contributed by atoms with Gasteiger partial charge in [0.2, 0.25) is 5.91 Å². The molecule has 0 spiro atoms. The number of anilines is 2. The fraction of sp³-hybridized carbons (Fsp3) is 0.292. The molecule has 2 heterocycles. The molecule has 9 heteroatoms. The van der Waals surface area contributed by atoms with Crippen molar-refractivity contribution in [2.75, 3.05) is 19.0 Å². The van der Waals surface area contributed by atoms with Gasteiger partial charge in [-0.25, -0.2) is 15.4 Å². The third kappa shape index (κ3) is 5.50. The predicted octanol–water partition coefficient (Wildman–Crippen LogP) is 4.96. The lowest BCUT2D eigenvalue weighted by molar-refractivity contribution is -0.129. The summed E-state index contributed by atoms with van der Waals surface area (Å²) in [6, 6.07) is 11.5. The van der Waals surface area contributed by atoms with Crippen molar-refractivity contribution in [1.82, 2.24) is 15.4 Å². The van der Waals surface area contributed by atoms with Crippen LogP contribution in [0, 0.1) is 0 Å². The molecule has 4 aromatic rings. The molecular formula is C24H26N4O5. The number of ether oxygens (including phenoxy) is 2. The smallest absolute Gasteiger partial charge is 0.243 e. The largest absolute Gasteiger partial charge is 0.493 e. The van der Waals surface area contributed by atoms with Gasteiger partial charge >= 0.3 is 0 Å². The highest BCUT2D eigenvalue weighted by Crippen LogP contribution is 2.35. The zero-order valence-corrected chi connectivity index (χ0v) is 18.3. The Morgan fingerprint density at radius 1 is 1.06 bits per heavy atom. The van der Waals surface area contributed by atoms with E-state index in [1.165, 1.54) is 6.33 Å². The Balaban J connectivity index is 1.42. The van der Waals surface area contributed by atoms with Crippen molar-refractivity contribution >= 4 is 39.3 Å². The van der Waals surface area contributed by atoms with Crippen molar-refractivity contribution in [2.24, 2.45) is 0 Å². The van der Waals surface area contributed by atoms with E-state index in [2.05, 4.69) is 15.3 Å². The van der Waals surface area contributed by atoms with Gasteiger partial charge in [-0.1, -0.05) is 12.8 Å². The fourth-order valence-electron chi connectivity index (χ4n) is 3.60. The summed E-state index contributed by atoms with van der Waals surface area (Å²) >= 11 is 0. The highest BCUT2D eigenvalue weighted by Gasteiger charge is 2.12. The maximum Gasteiger partial charge on any atom is 0.243 e. The Kier molecular flexibility index (Phi) is 7.21. The summed E-state index contributed by atoms with van der Waals surface area (Å²) in [5, 5.41) is 13.7. The van der Waals surface area contributed by atoms with Gasteiger partial charge in [-0.2, -0.15) is 0 Å². The molecule has 0 atom stereocenters. The first-order chi connectivity index (χ1) is 16.2. The van der Waals surface area contributed by atoms with Gasteiger partial charge in [-0.05, 0) is 43.2 Å². The van der Waals surface area contributed by atoms with E-state index in [0.717, 1.165) is 53.2 Å². The van der Waals surface area contributed by atoms with Crippen LogP contribution in [0.5, 0.6) is 11.5 Å². The minimum Gasteiger partial charge on any atom is -0.493 e. The average molecular weight is 450 g/mol. The molecule has 0 saturated heterocycles. The van der Waals surface area contributed by atoms with Crippen molar-refractivity contribution in [1.29, 1.82) is 0 Å². The lowest BCUT2D eigenvalue weighted by Crippen LogP contribution is -2.17. The van der Waals surface area contributed by atoms with E-state index in [1.54, 1.807) is 18.9 Å². The van der Waals surface area contributed by atoms with Crippen LogP contribution in [0.4, 0.5) is 11.5 Å². The average Bonchev–Trinajstić information content (AvgIpc) is 3.31. The van der Waals surface area contributed by atoms with Gasteiger partial charge in [0.05, 0.1) is 25.5 Å². The molecule has 0 aliphatic carbocycles. The number of carbonyl (C=O) groups is 1. The minimum absolute atomic E-state index is 0.321. The summed E-state index contributed by atoms with van der Waals surface area (Å²) in [6.07, 6.45) is 6.88. The number of benzene rings is 2. The number of hydrogen-bond donors (Lipinski definition) is 3. The van der Waals surface area contributed by atoms with Crippen molar-refractivity contribution in [2.45, 2.75) is 32.1 Å². The van der Waals surface area contributed by atoms with Crippen molar-refractivity contribution in [3.63, 3.8) is 0 Å². The molecule has 172 valence electrons. The van der Waals surface area contributed by atoms with Crippen molar-refractivity contribution < 1.29 is 23.9 Å². The molecule has 9 nitrogen and oxygen atoms in total. The molecule has 0 fully saturated rings. The van der Waals surface area contributed by atoms with Gasteiger partial charge in [-0.3, -0.25) is 10.0 Å². The minimum atomic E-state index is -0.356. The number of unbranched alkanes of at least 4 members (excludes halogenated alkanes) is 3. The third-order valence-electron chi connectivity index (χ3n) is 5.32. The number of nitrogens with one attached hydrogen (secondary N) is 2. The molecule has 2 aromatic heterocycles. The first-order valence-electron chi connectivity index (χ1n) is 10.8. The summed E-state index contributed by atoms with van der Waals surface area (Å²) in [6.45, 7) is 0.523. The molecule has 0 unspecified atom stereocenters. The molecule has 0 radical (unpaired) electrons. The van der Waals surface area contributed by atoms with Gasteiger partial charge in [0.15, 0.2) is 11.5 Å². The van der Waals surface area contributed by atoms with Gasteiger partial charge in [0, 0.05) is 28.9 Å². The number of nitrogens with zero attached hydrogens (tertiary/aromatic N) is 2. The van der Waals surface area contributed by atoms with Crippen LogP contribution in [0.3, 0.4) is 0 Å². The number of aromatic nitrogens is 2. The number of fused-ring (bicyclic) bond motifs is 2. The molecular weight excluding hydrogens is 424 g/mol. The zero-order chi connectivity index (χ0) is 23.0. The number of hydroxylamine groups is 1. The van der Waals surface area contributed by atoms with E-state index in [1.807, 2.05) is 36.4 Å². The van der Waals surface area contributed by atoms with Crippen molar-refractivity contribution in [3.05, 3.63) is 49.0 Å². The second kappa shape index (κ2) is 10.6. The summed E-state index contributed by atoms with van der Waals surface area (Å²) in [7, 11) is 1.60. The molecule has 0 saturated carbocycles. The van der Waals surface area contributed by atoms with Gasteiger partial charge in [0.25, 0.3) is 0 Å². The van der Waals surface area contributed by atoms with Crippen LogP contribution in [-0.4, -0.2) is 34.8 Å². The Labute approximate surface area is 190 Å². The maximum atomic E-state index is 11.0. The second-order valence-electron chi connectivity index (χ2n) is 7.59. The highest BCUT2D eigenvalue weighted by atomic mass is 16.5. The third-order valence-corrected chi connectivity index (χ3v) is 5.32. The van der Waals surface area contributed by atoms with E-state index in [0.29, 0.717) is 30.3 Å². The Hall–Kier alpha value is -3.85. The number of amides is 1. The zero-order valence-electron chi connectivity index (χ0n) is 18.3. The van der Waals surface area contributed by atoms with E-state index in [-0.39, 0.29) is 5.91 Å². The van der Waals surface area contributed by atoms with Crippen LogP contribution in [-0.2, 0) is 4.79 Å². The number of methoxy groups -OCH3 is 1. The van der Waals surface area contributed by atoms with E-state index >= 15 is 0 Å². The number of furan rings is 1. The number of rotatable bonds is 11. The lowest BCUT2D eigenvalue weighted by atomic mass is 10.1. The highest BCUT2D eigenvalue weighted by molar-refractivity contribution is 5.93. The fourth-order valence-corrected chi connectivity index (χ4v) is 3.60. The normalized spacial score (nSPS) is 11.0. The number of carbonyl (C=O) groups excluding carboxylic acids is 1. The molecule has 0 aliphatic heterocycles. The molecule has 4 rings (SSSR count). The summed E-state index contributed by atoms with van der Waals surface area (Å²) in [5.74, 6) is 1.53. The molecule has 0 bridgehead atoms.